The summed E-state index contributed by atoms with van der Waals surface area (Å²) >= 11 is 0. The zero-order valence-corrected chi connectivity index (χ0v) is 19.6. The number of benzene rings is 1. The lowest BCUT2D eigenvalue weighted by Gasteiger charge is -2.30. The molecule has 0 spiro atoms. The number of hydrogen-bond donors (Lipinski definition) is 0. The molecule has 2 aliphatic rings. The zero-order valence-electron chi connectivity index (χ0n) is 19.6. The molecule has 0 amide bonds. The lowest BCUT2D eigenvalue weighted by molar-refractivity contribution is -0.138. The molecule has 11 heteroatoms. The third-order valence-corrected chi connectivity index (χ3v) is 6.40. The molecule has 35 heavy (non-hydrogen) atoms. The summed E-state index contributed by atoms with van der Waals surface area (Å²) in [6.07, 6.45) is -4.41. The molecule has 0 fully saturated rings. The van der Waals surface area contributed by atoms with E-state index in [-0.39, 0.29) is 11.7 Å². The third kappa shape index (κ3) is 4.36. The lowest BCUT2D eigenvalue weighted by atomic mass is 9.86. The maximum absolute atomic E-state index is 13.8. The van der Waals surface area contributed by atoms with E-state index in [2.05, 4.69) is 20.1 Å². The van der Waals surface area contributed by atoms with Gasteiger partial charge in [0.2, 0.25) is 5.88 Å². The minimum Gasteiger partial charge on any atom is -0.480 e. The van der Waals surface area contributed by atoms with Crippen molar-refractivity contribution in [3.05, 3.63) is 53.3 Å². The van der Waals surface area contributed by atoms with Gasteiger partial charge in [-0.05, 0) is 37.1 Å². The molecular formula is C24H25F3N6O2. The number of aromatic nitrogens is 4. The summed E-state index contributed by atoms with van der Waals surface area (Å²) in [5.41, 5.74) is 1.79. The van der Waals surface area contributed by atoms with Gasteiger partial charge in [-0.1, -0.05) is 18.2 Å². The maximum atomic E-state index is 13.8. The summed E-state index contributed by atoms with van der Waals surface area (Å²) in [5.74, 6) is 0.566. The Labute approximate surface area is 200 Å². The molecule has 2 aromatic heterocycles. The van der Waals surface area contributed by atoms with Gasteiger partial charge in [0.05, 0.1) is 31.9 Å². The van der Waals surface area contributed by atoms with Crippen molar-refractivity contribution in [2.45, 2.75) is 38.1 Å². The fourth-order valence-electron chi connectivity index (χ4n) is 4.68. The molecular weight excluding hydrogens is 461 g/mol. The van der Waals surface area contributed by atoms with Crippen LogP contribution in [0.3, 0.4) is 0 Å². The normalized spacial score (nSPS) is 20.1. The van der Waals surface area contributed by atoms with Gasteiger partial charge in [0, 0.05) is 18.7 Å². The average molecular weight is 486 g/mol. The number of rotatable bonds is 5. The van der Waals surface area contributed by atoms with Crippen molar-refractivity contribution < 1.29 is 22.6 Å². The zero-order chi connectivity index (χ0) is 24.7. The Kier molecular flexibility index (Phi) is 5.96. The molecule has 2 atom stereocenters. The topological polar surface area (TPSA) is 77.7 Å². The van der Waals surface area contributed by atoms with Crippen LogP contribution < -0.4 is 9.64 Å². The highest BCUT2D eigenvalue weighted by molar-refractivity contribution is 5.89. The van der Waals surface area contributed by atoms with E-state index in [1.54, 1.807) is 23.9 Å². The molecule has 0 aliphatic carbocycles. The number of nitrogens with zero attached hydrogens (tertiary/aromatic N) is 6. The minimum absolute atomic E-state index is 0.159. The molecule has 0 radical (unpaired) electrons. The first-order valence-corrected chi connectivity index (χ1v) is 11.2. The molecule has 0 bridgehead atoms. The quantitative estimate of drug-likeness (QED) is 0.539. The van der Waals surface area contributed by atoms with Gasteiger partial charge in [-0.25, -0.2) is 14.6 Å². The number of alkyl halides is 3. The van der Waals surface area contributed by atoms with E-state index >= 15 is 0 Å². The van der Waals surface area contributed by atoms with E-state index in [0.717, 1.165) is 17.5 Å². The number of hydrogen-bond acceptors (Lipinski definition) is 7. The summed E-state index contributed by atoms with van der Waals surface area (Å²) in [6.45, 7) is 3.57. The number of aliphatic imine (C=N–C) groups is 1. The van der Waals surface area contributed by atoms with E-state index in [0.29, 0.717) is 49.4 Å². The van der Waals surface area contributed by atoms with E-state index in [1.807, 2.05) is 17.9 Å². The molecule has 0 saturated heterocycles. The first kappa shape index (κ1) is 23.3. The second-order valence-electron chi connectivity index (χ2n) is 8.66. The van der Waals surface area contributed by atoms with Crippen LogP contribution in [0.25, 0.3) is 11.5 Å². The Morgan fingerprint density at radius 2 is 1.86 bits per heavy atom. The Hall–Kier alpha value is -3.47. The Morgan fingerprint density at radius 1 is 1.06 bits per heavy atom. The average Bonchev–Trinajstić information content (AvgIpc) is 3.48. The van der Waals surface area contributed by atoms with Crippen LogP contribution in [0.1, 0.15) is 36.2 Å². The lowest BCUT2D eigenvalue weighted by Crippen LogP contribution is -2.31. The molecule has 8 nitrogen and oxygen atoms in total. The van der Waals surface area contributed by atoms with Crippen molar-refractivity contribution >= 4 is 11.4 Å². The number of pyridine rings is 1. The van der Waals surface area contributed by atoms with Crippen molar-refractivity contribution in [3.63, 3.8) is 0 Å². The van der Waals surface area contributed by atoms with Crippen molar-refractivity contribution in [1.82, 2.24) is 19.7 Å². The van der Waals surface area contributed by atoms with Gasteiger partial charge in [0.1, 0.15) is 23.9 Å². The molecule has 2 unspecified atom stereocenters. The molecule has 3 aromatic rings. The molecule has 0 saturated carbocycles. The predicted molar refractivity (Wildman–Crippen MR) is 124 cm³/mol. The van der Waals surface area contributed by atoms with Crippen molar-refractivity contribution in [3.8, 4) is 17.4 Å². The number of methoxy groups -OCH3 is 2. The van der Waals surface area contributed by atoms with E-state index < -0.39 is 17.7 Å². The molecule has 184 valence electrons. The van der Waals surface area contributed by atoms with Crippen LogP contribution in [-0.2, 0) is 17.5 Å². The van der Waals surface area contributed by atoms with Gasteiger partial charge in [0.25, 0.3) is 0 Å². The van der Waals surface area contributed by atoms with Crippen LogP contribution in [0.4, 0.5) is 18.9 Å². The van der Waals surface area contributed by atoms with E-state index in [4.69, 9.17) is 9.47 Å². The summed E-state index contributed by atoms with van der Waals surface area (Å²) in [4.78, 5) is 15.7. The number of ether oxygens (including phenoxy) is 2. The maximum Gasteiger partial charge on any atom is 0.416 e. The van der Waals surface area contributed by atoms with Crippen molar-refractivity contribution in [2.75, 3.05) is 32.3 Å². The molecule has 2 aliphatic heterocycles. The van der Waals surface area contributed by atoms with Crippen LogP contribution in [0.2, 0.25) is 0 Å². The Morgan fingerprint density at radius 3 is 2.54 bits per heavy atom. The van der Waals surface area contributed by atoms with E-state index in [1.165, 1.54) is 19.2 Å². The highest BCUT2D eigenvalue weighted by Crippen LogP contribution is 2.41. The highest BCUT2D eigenvalue weighted by Gasteiger charge is 2.39. The van der Waals surface area contributed by atoms with Crippen LogP contribution in [0, 0.1) is 0 Å². The van der Waals surface area contributed by atoms with Gasteiger partial charge in [0.15, 0.2) is 5.82 Å². The van der Waals surface area contributed by atoms with E-state index in [9.17, 15) is 13.2 Å². The van der Waals surface area contributed by atoms with Crippen LogP contribution in [-0.4, -0.2) is 59.0 Å². The van der Waals surface area contributed by atoms with Gasteiger partial charge in [-0.3, -0.25) is 4.99 Å². The standard InChI is InChI=1S/C24H25F3N6O2/c1-14-11-32(13-28-14)20-9-8-19(29-23(20)35-3)21-30-22-17(10-15(34-2)12-33(22)31-21)16-6-4-5-7-18(16)24(25,26)27/h4-9,15,17H,10-13H2,1-3H3. The largest absolute Gasteiger partial charge is 0.480 e. The Balaban J connectivity index is 1.54. The highest BCUT2D eigenvalue weighted by atomic mass is 19.4. The van der Waals surface area contributed by atoms with Gasteiger partial charge >= 0.3 is 6.18 Å². The first-order valence-electron chi connectivity index (χ1n) is 11.2. The van der Waals surface area contributed by atoms with Crippen molar-refractivity contribution in [2.24, 2.45) is 4.99 Å². The van der Waals surface area contributed by atoms with Crippen LogP contribution in [0.5, 0.6) is 5.88 Å². The second-order valence-corrected chi connectivity index (χ2v) is 8.66. The SMILES string of the molecule is COc1nc(-c2nc3n(n2)CC(OC)CC3c2ccccc2C(F)(F)F)ccc1N1CN=C(C)C1. The molecule has 5 rings (SSSR count). The number of anilines is 1. The Bertz CT molecular complexity index is 1270. The fourth-order valence-corrected chi connectivity index (χ4v) is 4.68. The van der Waals surface area contributed by atoms with Gasteiger partial charge < -0.3 is 14.4 Å². The van der Waals surface area contributed by atoms with Gasteiger partial charge in [-0.15, -0.1) is 5.10 Å². The van der Waals surface area contributed by atoms with Gasteiger partial charge in [-0.2, -0.15) is 13.2 Å². The number of halogens is 3. The predicted octanol–water partition coefficient (Wildman–Crippen LogP) is 4.16. The number of fused-ring (bicyclic) bond motifs is 1. The van der Waals surface area contributed by atoms with Crippen molar-refractivity contribution in [1.29, 1.82) is 0 Å². The summed E-state index contributed by atoms with van der Waals surface area (Å²) in [7, 11) is 3.09. The molecule has 4 heterocycles. The molecule has 1 aromatic carbocycles. The fraction of sp³-hybridized carbons (Fsp3) is 0.417. The first-order chi connectivity index (χ1) is 16.8. The van der Waals surface area contributed by atoms with Crippen LogP contribution in [0.15, 0.2) is 41.4 Å². The molecule has 0 N–H and O–H groups in total. The smallest absolute Gasteiger partial charge is 0.416 e. The van der Waals surface area contributed by atoms with Crippen LogP contribution >= 0.6 is 0 Å². The third-order valence-electron chi connectivity index (χ3n) is 6.40. The minimum atomic E-state index is -4.48. The summed E-state index contributed by atoms with van der Waals surface area (Å²) in [5, 5.41) is 4.59. The summed E-state index contributed by atoms with van der Waals surface area (Å²) in [6, 6.07) is 9.27. The summed E-state index contributed by atoms with van der Waals surface area (Å²) < 4.78 is 54.1. The second kappa shape index (κ2) is 8.95. The monoisotopic (exact) mass is 486 g/mol.